The smallest absolute Gasteiger partial charge is 0.127 e. The van der Waals surface area contributed by atoms with E-state index in [1.165, 1.54) is 18.2 Å². The fraction of sp³-hybridized carbons (Fsp3) is 0.357. The monoisotopic (exact) mass is 452 g/mol. The van der Waals surface area contributed by atoms with Crippen molar-refractivity contribution in [2.45, 2.75) is 37.4 Å². The van der Waals surface area contributed by atoms with Gasteiger partial charge in [-0.1, -0.05) is 73.9 Å². The molecule has 5 heteroatoms. The Morgan fingerprint density at radius 1 is 0.606 bits per heavy atom. The third-order valence-corrected chi connectivity index (χ3v) is 5.26. The van der Waals surface area contributed by atoms with Crippen LogP contribution in [0.2, 0.25) is 6.32 Å². The van der Waals surface area contributed by atoms with E-state index in [0.717, 1.165) is 17.3 Å². The molecule has 0 saturated heterocycles. The van der Waals surface area contributed by atoms with Crippen molar-refractivity contribution in [2.75, 3.05) is 28.2 Å². The molecule has 0 atom stereocenters. The second kappa shape index (κ2) is 12.1. The molecule has 0 bridgehead atoms. The first-order chi connectivity index (χ1) is 15.6. The highest BCUT2D eigenvalue weighted by atomic mass is 19.1. The lowest BCUT2D eigenvalue weighted by atomic mass is 9.66. The van der Waals surface area contributed by atoms with Gasteiger partial charge in [0.2, 0.25) is 0 Å². The third-order valence-electron chi connectivity index (χ3n) is 5.26. The molecule has 0 aliphatic carbocycles. The fourth-order valence-corrected chi connectivity index (χ4v) is 3.97. The predicted molar refractivity (Wildman–Crippen MR) is 132 cm³/mol. The van der Waals surface area contributed by atoms with Crippen molar-refractivity contribution in [3.8, 4) is 0 Å². The van der Waals surface area contributed by atoms with Crippen molar-refractivity contribution >= 4 is 7.85 Å². The molecule has 3 radical (unpaired) electrons. The zero-order chi connectivity index (χ0) is 24.5. The van der Waals surface area contributed by atoms with Gasteiger partial charge in [0, 0.05) is 16.7 Å². The lowest BCUT2D eigenvalue weighted by molar-refractivity contribution is -0.849. The van der Waals surface area contributed by atoms with Crippen molar-refractivity contribution in [2.24, 2.45) is 0 Å². The molecule has 175 valence electrons. The van der Waals surface area contributed by atoms with Crippen LogP contribution < -0.4 is 0 Å². The molecular formula is C28H34BF3N. The van der Waals surface area contributed by atoms with E-state index in [9.17, 15) is 0 Å². The Bertz CT molecular complexity index is 897. The molecule has 0 unspecified atom stereocenters. The first-order valence-electron chi connectivity index (χ1n) is 11.3. The van der Waals surface area contributed by atoms with Crippen LogP contribution in [-0.4, -0.2) is 40.5 Å². The molecule has 0 aliphatic heterocycles. The minimum atomic E-state index is -1.27. The van der Waals surface area contributed by atoms with Gasteiger partial charge >= 0.3 is 0 Å². The normalized spacial score (nSPS) is 11.6. The number of hydrogen-bond acceptors (Lipinski definition) is 0. The summed E-state index contributed by atoms with van der Waals surface area (Å²) in [7, 11) is 14.1. The molecule has 0 aliphatic rings. The number of hydrogen-bond donors (Lipinski definition) is 0. The Balaban J connectivity index is 0.000000696. The summed E-state index contributed by atoms with van der Waals surface area (Å²) in [5.74, 6) is -1.44. The molecule has 33 heavy (non-hydrogen) atoms. The van der Waals surface area contributed by atoms with Crippen molar-refractivity contribution in [1.82, 2.24) is 0 Å². The number of unbranched alkanes of at least 4 members (excludes halogenated alkanes) is 2. The fourth-order valence-electron chi connectivity index (χ4n) is 3.97. The topological polar surface area (TPSA) is 0 Å². The molecule has 0 amide bonds. The molecule has 0 fully saturated rings. The van der Waals surface area contributed by atoms with Crippen molar-refractivity contribution in [1.29, 1.82) is 0 Å². The maximum absolute atomic E-state index is 15.0. The van der Waals surface area contributed by atoms with E-state index in [2.05, 4.69) is 28.2 Å². The SMILES string of the molecule is C[N+](C)(C)C.[B-]CCCCCC(c1ccccc1F)(c1ccccc1F)c1ccccc1F. The Kier molecular flexibility index (Phi) is 9.78. The average Bonchev–Trinajstić information content (AvgIpc) is 2.75. The first kappa shape index (κ1) is 26.7. The zero-order valence-electron chi connectivity index (χ0n) is 20.1. The van der Waals surface area contributed by atoms with Crippen LogP contribution in [0.25, 0.3) is 0 Å². The maximum atomic E-state index is 15.0. The average molecular weight is 452 g/mol. The second-order valence-electron chi connectivity index (χ2n) is 9.63. The highest BCUT2D eigenvalue weighted by Gasteiger charge is 2.41. The number of quaternary nitrogens is 1. The van der Waals surface area contributed by atoms with Gasteiger partial charge in [0.1, 0.15) is 17.5 Å². The van der Waals surface area contributed by atoms with Crippen molar-refractivity contribution in [3.63, 3.8) is 0 Å². The van der Waals surface area contributed by atoms with Crippen LogP contribution in [0.3, 0.4) is 0 Å². The second-order valence-corrected chi connectivity index (χ2v) is 9.63. The van der Waals surface area contributed by atoms with Gasteiger partial charge in [-0.05, 0) is 24.6 Å². The molecule has 3 aromatic rings. The molecule has 0 saturated carbocycles. The highest BCUT2D eigenvalue weighted by Crippen LogP contribution is 2.46. The highest BCUT2D eigenvalue weighted by molar-refractivity contribution is 6.08. The van der Waals surface area contributed by atoms with Gasteiger partial charge < -0.3 is 12.3 Å². The Morgan fingerprint density at radius 2 is 0.939 bits per heavy atom. The Morgan fingerprint density at radius 3 is 1.24 bits per heavy atom. The minimum absolute atomic E-state index is 0.276. The molecular weight excluding hydrogens is 418 g/mol. The van der Waals surface area contributed by atoms with Gasteiger partial charge in [-0.25, -0.2) is 13.2 Å². The largest absolute Gasteiger partial charge is 0.626 e. The maximum Gasteiger partial charge on any atom is 0.127 e. The quantitative estimate of drug-likeness (QED) is 0.151. The van der Waals surface area contributed by atoms with E-state index in [-0.39, 0.29) is 16.7 Å². The van der Waals surface area contributed by atoms with Crippen molar-refractivity contribution < 1.29 is 17.7 Å². The molecule has 0 spiro atoms. The molecule has 0 N–H and O–H groups in total. The van der Waals surface area contributed by atoms with Gasteiger partial charge in [-0.2, -0.15) is 0 Å². The molecule has 3 rings (SSSR count). The summed E-state index contributed by atoms with van der Waals surface area (Å²) in [6.07, 6.45) is 3.19. The number of halogens is 3. The van der Waals surface area contributed by atoms with E-state index >= 15 is 13.2 Å². The van der Waals surface area contributed by atoms with Crippen LogP contribution in [0, 0.1) is 17.5 Å². The van der Waals surface area contributed by atoms with Gasteiger partial charge in [0.25, 0.3) is 0 Å². The van der Waals surface area contributed by atoms with E-state index in [1.807, 2.05) is 0 Å². The summed E-state index contributed by atoms with van der Waals surface area (Å²) in [4.78, 5) is 0. The standard InChI is InChI=1S/C24H22BF3.C4H12N/c25-17-9-1-8-16-24(18-10-2-5-13-21(18)26,19-11-3-6-14-22(19)27)20-12-4-7-15-23(20)28;1-5(2,3)4/h2-7,10-15H,1,8-9,16-17H2;1-4H3/q-1;+1. The van der Waals surface area contributed by atoms with Crippen LogP contribution >= 0.6 is 0 Å². The lowest BCUT2D eigenvalue weighted by Crippen LogP contribution is -2.33. The Hall–Kier alpha value is -2.53. The number of benzene rings is 3. The molecule has 3 aromatic carbocycles. The van der Waals surface area contributed by atoms with E-state index in [4.69, 9.17) is 7.85 Å². The summed E-state index contributed by atoms with van der Waals surface area (Å²) in [5, 5.41) is 0. The zero-order valence-corrected chi connectivity index (χ0v) is 20.1. The summed E-state index contributed by atoms with van der Waals surface area (Å²) < 4.78 is 46.1. The summed E-state index contributed by atoms with van der Waals surface area (Å²) >= 11 is 0. The van der Waals surface area contributed by atoms with E-state index < -0.39 is 22.9 Å². The van der Waals surface area contributed by atoms with Gasteiger partial charge in [0.05, 0.1) is 33.6 Å². The Labute approximate surface area is 198 Å². The summed E-state index contributed by atoms with van der Waals surface area (Å²) in [5.41, 5.74) is -0.440. The van der Waals surface area contributed by atoms with Gasteiger partial charge in [-0.15, -0.1) is 0 Å². The van der Waals surface area contributed by atoms with Crippen LogP contribution in [0.5, 0.6) is 0 Å². The van der Waals surface area contributed by atoms with E-state index in [0.29, 0.717) is 19.2 Å². The van der Waals surface area contributed by atoms with Crippen LogP contribution in [0.15, 0.2) is 72.8 Å². The summed E-state index contributed by atoms with van der Waals surface area (Å²) in [6, 6.07) is 18.7. The number of rotatable bonds is 8. The first-order valence-corrected chi connectivity index (χ1v) is 11.3. The lowest BCUT2D eigenvalue weighted by Gasteiger charge is -2.37. The molecule has 1 nitrogen and oxygen atoms in total. The minimum Gasteiger partial charge on any atom is -0.626 e. The van der Waals surface area contributed by atoms with Gasteiger partial charge in [0.15, 0.2) is 0 Å². The molecule has 0 heterocycles. The van der Waals surface area contributed by atoms with Crippen LogP contribution in [-0.2, 0) is 5.41 Å². The summed E-state index contributed by atoms with van der Waals surface area (Å²) in [6.45, 7) is 0. The van der Waals surface area contributed by atoms with Crippen LogP contribution in [0.1, 0.15) is 42.4 Å². The van der Waals surface area contributed by atoms with Gasteiger partial charge in [-0.3, -0.25) is 6.32 Å². The van der Waals surface area contributed by atoms with Crippen LogP contribution in [0.4, 0.5) is 13.2 Å². The number of nitrogens with zero attached hydrogens (tertiary/aromatic N) is 1. The third kappa shape index (κ3) is 7.23. The predicted octanol–water partition coefficient (Wildman–Crippen LogP) is 6.91. The molecule has 0 aromatic heterocycles. The van der Waals surface area contributed by atoms with E-state index in [1.54, 1.807) is 54.6 Å². The van der Waals surface area contributed by atoms with Crippen molar-refractivity contribution in [3.05, 3.63) is 107 Å².